The topological polar surface area (TPSA) is 32.7 Å². The van der Waals surface area contributed by atoms with Crippen LogP contribution in [0.25, 0.3) is 0 Å². The van der Waals surface area contributed by atoms with Crippen LogP contribution in [0.15, 0.2) is 18.2 Å². The molecular formula is C18H29NO2. The van der Waals surface area contributed by atoms with E-state index < -0.39 is 6.10 Å². The average molecular weight is 291 g/mol. The maximum atomic E-state index is 10.7. The summed E-state index contributed by atoms with van der Waals surface area (Å²) < 4.78 is 5.68. The zero-order chi connectivity index (χ0) is 15.4. The summed E-state index contributed by atoms with van der Waals surface area (Å²) in [5, 5.41) is 10.7. The highest BCUT2D eigenvalue weighted by Gasteiger charge is 2.27. The van der Waals surface area contributed by atoms with Crippen LogP contribution in [0.4, 0.5) is 0 Å². The van der Waals surface area contributed by atoms with Crippen LogP contribution in [-0.2, 0) is 0 Å². The Kier molecular flexibility index (Phi) is 5.65. The number of aryl methyl sites for hydroxylation is 1. The van der Waals surface area contributed by atoms with E-state index in [9.17, 15) is 5.11 Å². The van der Waals surface area contributed by atoms with Crippen LogP contribution in [-0.4, -0.2) is 35.2 Å². The van der Waals surface area contributed by atoms with Gasteiger partial charge in [0, 0.05) is 24.2 Å². The number of aliphatic hydroxyl groups is 1. The lowest BCUT2D eigenvalue weighted by atomic mass is 9.96. The SMILES string of the molecule is CCOc1ccc(C)cc1C(O)CN1C(C)CCCC1C. The Morgan fingerprint density at radius 1 is 1.29 bits per heavy atom. The van der Waals surface area contributed by atoms with Crippen molar-refractivity contribution in [2.75, 3.05) is 13.2 Å². The van der Waals surface area contributed by atoms with Crippen molar-refractivity contribution in [3.8, 4) is 5.75 Å². The van der Waals surface area contributed by atoms with E-state index >= 15 is 0 Å². The first-order chi connectivity index (χ1) is 10.0. The van der Waals surface area contributed by atoms with Crippen LogP contribution in [0.1, 0.15) is 57.3 Å². The first kappa shape index (κ1) is 16.3. The Balaban J connectivity index is 2.15. The van der Waals surface area contributed by atoms with E-state index in [2.05, 4.69) is 31.7 Å². The quantitative estimate of drug-likeness (QED) is 0.898. The summed E-state index contributed by atoms with van der Waals surface area (Å²) in [5.74, 6) is 0.813. The van der Waals surface area contributed by atoms with E-state index in [4.69, 9.17) is 4.74 Å². The standard InChI is InChI=1S/C18H29NO2/c1-5-21-18-10-9-13(2)11-16(18)17(20)12-19-14(3)7-6-8-15(19)4/h9-11,14-15,17,20H,5-8,12H2,1-4H3. The fraction of sp³-hybridized carbons (Fsp3) is 0.667. The summed E-state index contributed by atoms with van der Waals surface area (Å²) in [6.07, 6.45) is 3.25. The molecule has 0 spiro atoms. The van der Waals surface area contributed by atoms with Crippen LogP contribution < -0.4 is 4.74 Å². The summed E-state index contributed by atoms with van der Waals surface area (Å²) >= 11 is 0. The molecule has 1 saturated heterocycles. The van der Waals surface area contributed by atoms with E-state index in [-0.39, 0.29) is 0 Å². The molecule has 0 bridgehead atoms. The lowest BCUT2D eigenvalue weighted by Gasteiger charge is -2.40. The van der Waals surface area contributed by atoms with Crippen molar-refractivity contribution in [2.24, 2.45) is 0 Å². The molecule has 0 aliphatic carbocycles. The molecule has 1 aliphatic heterocycles. The lowest BCUT2D eigenvalue weighted by molar-refractivity contribution is 0.0400. The highest BCUT2D eigenvalue weighted by atomic mass is 16.5. The van der Waals surface area contributed by atoms with E-state index in [1.165, 1.54) is 19.3 Å². The zero-order valence-electron chi connectivity index (χ0n) is 13.8. The molecule has 1 heterocycles. The monoisotopic (exact) mass is 291 g/mol. The molecule has 0 amide bonds. The van der Waals surface area contributed by atoms with Gasteiger partial charge in [-0.1, -0.05) is 18.1 Å². The molecule has 21 heavy (non-hydrogen) atoms. The van der Waals surface area contributed by atoms with Gasteiger partial charge in [0.25, 0.3) is 0 Å². The minimum Gasteiger partial charge on any atom is -0.493 e. The third-order valence-corrected chi connectivity index (χ3v) is 4.58. The van der Waals surface area contributed by atoms with Crippen LogP contribution in [0.3, 0.4) is 0 Å². The molecule has 1 aromatic rings. The minimum absolute atomic E-state index is 0.491. The first-order valence-corrected chi connectivity index (χ1v) is 8.20. The van der Waals surface area contributed by atoms with Crippen LogP contribution in [0.2, 0.25) is 0 Å². The summed E-state index contributed by atoms with van der Waals surface area (Å²) in [6.45, 7) is 9.87. The number of hydrogen-bond donors (Lipinski definition) is 1. The second-order valence-corrected chi connectivity index (χ2v) is 6.32. The Morgan fingerprint density at radius 3 is 2.57 bits per heavy atom. The van der Waals surface area contributed by atoms with Crippen molar-refractivity contribution < 1.29 is 9.84 Å². The summed E-state index contributed by atoms with van der Waals surface area (Å²) in [6, 6.07) is 7.15. The predicted octanol–water partition coefficient (Wildman–Crippen LogP) is 3.69. The lowest BCUT2D eigenvalue weighted by Crippen LogP contribution is -2.45. The van der Waals surface area contributed by atoms with Gasteiger partial charge in [0.2, 0.25) is 0 Å². The number of β-amino-alcohol motifs (C(OH)–C–C–N with tert-alkyl or cyclic N) is 1. The fourth-order valence-corrected chi connectivity index (χ4v) is 3.35. The second-order valence-electron chi connectivity index (χ2n) is 6.32. The number of benzene rings is 1. The van der Waals surface area contributed by atoms with Gasteiger partial charge >= 0.3 is 0 Å². The molecular weight excluding hydrogens is 262 g/mol. The van der Waals surface area contributed by atoms with E-state index in [0.717, 1.165) is 16.9 Å². The molecule has 0 saturated carbocycles. The van der Waals surface area contributed by atoms with Crippen LogP contribution >= 0.6 is 0 Å². The second kappa shape index (κ2) is 7.28. The highest BCUT2D eigenvalue weighted by Crippen LogP contribution is 2.30. The number of ether oxygens (including phenoxy) is 1. The number of likely N-dealkylation sites (tertiary alicyclic amines) is 1. The van der Waals surface area contributed by atoms with Gasteiger partial charge in [0.15, 0.2) is 0 Å². The van der Waals surface area contributed by atoms with Gasteiger partial charge in [0.05, 0.1) is 12.7 Å². The summed E-state index contributed by atoms with van der Waals surface area (Å²) in [5.41, 5.74) is 2.08. The van der Waals surface area contributed by atoms with Crippen LogP contribution in [0, 0.1) is 6.92 Å². The molecule has 3 heteroatoms. The van der Waals surface area contributed by atoms with Crippen molar-refractivity contribution in [2.45, 2.75) is 65.1 Å². The average Bonchev–Trinajstić information content (AvgIpc) is 2.45. The molecule has 1 aliphatic rings. The first-order valence-electron chi connectivity index (χ1n) is 8.20. The molecule has 1 aromatic carbocycles. The Morgan fingerprint density at radius 2 is 1.95 bits per heavy atom. The fourth-order valence-electron chi connectivity index (χ4n) is 3.35. The largest absolute Gasteiger partial charge is 0.493 e. The maximum Gasteiger partial charge on any atom is 0.125 e. The molecule has 118 valence electrons. The molecule has 0 aromatic heterocycles. The van der Waals surface area contributed by atoms with E-state index in [0.29, 0.717) is 25.2 Å². The predicted molar refractivity (Wildman–Crippen MR) is 86.8 cm³/mol. The van der Waals surface area contributed by atoms with Crippen molar-refractivity contribution in [1.29, 1.82) is 0 Å². The smallest absolute Gasteiger partial charge is 0.125 e. The summed E-state index contributed by atoms with van der Waals surface area (Å²) in [7, 11) is 0. The molecule has 3 nitrogen and oxygen atoms in total. The van der Waals surface area contributed by atoms with E-state index in [1.807, 2.05) is 19.1 Å². The van der Waals surface area contributed by atoms with Crippen LogP contribution in [0.5, 0.6) is 5.75 Å². The third kappa shape index (κ3) is 3.98. The van der Waals surface area contributed by atoms with Gasteiger partial charge in [-0.05, 0) is 52.7 Å². The Hall–Kier alpha value is -1.06. The number of nitrogens with zero attached hydrogens (tertiary/aromatic N) is 1. The third-order valence-electron chi connectivity index (χ3n) is 4.58. The highest BCUT2D eigenvalue weighted by molar-refractivity contribution is 5.38. The number of rotatable bonds is 5. The molecule has 2 rings (SSSR count). The molecule has 1 N–H and O–H groups in total. The van der Waals surface area contributed by atoms with Gasteiger partial charge < -0.3 is 9.84 Å². The molecule has 3 unspecified atom stereocenters. The van der Waals surface area contributed by atoms with Crippen molar-refractivity contribution in [3.05, 3.63) is 29.3 Å². The minimum atomic E-state index is -0.491. The van der Waals surface area contributed by atoms with Gasteiger partial charge in [0.1, 0.15) is 5.75 Å². The van der Waals surface area contributed by atoms with Crippen molar-refractivity contribution in [3.63, 3.8) is 0 Å². The zero-order valence-corrected chi connectivity index (χ0v) is 13.8. The maximum absolute atomic E-state index is 10.7. The summed E-state index contributed by atoms with van der Waals surface area (Å²) in [4.78, 5) is 2.44. The van der Waals surface area contributed by atoms with Gasteiger partial charge in [-0.3, -0.25) is 4.90 Å². The molecule has 0 radical (unpaired) electrons. The van der Waals surface area contributed by atoms with Gasteiger partial charge in [-0.2, -0.15) is 0 Å². The number of hydrogen-bond acceptors (Lipinski definition) is 3. The van der Waals surface area contributed by atoms with Crippen molar-refractivity contribution in [1.82, 2.24) is 4.90 Å². The number of piperidine rings is 1. The Bertz CT molecular complexity index is 451. The molecule has 3 atom stereocenters. The number of aliphatic hydroxyl groups excluding tert-OH is 1. The van der Waals surface area contributed by atoms with Crippen molar-refractivity contribution >= 4 is 0 Å². The van der Waals surface area contributed by atoms with Gasteiger partial charge in [-0.15, -0.1) is 0 Å². The van der Waals surface area contributed by atoms with E-state index in [1.54, 1.807) is 0 Å². The normalized spacial score (nSPS) is 24.8. The molecule has 1 fully saturated rings. The van der Waals surface area contributed by atoms with Gasteiger partial charge in [-0.25, -0.2) is 0 Å². The Labute approximate surface area is 128 Å².